The fraction of sp³-hybridized carbons (Fsp3) is 0.208. The largest absolute Gasteiger partial charge is 0.348 e. The summed E-state index contributed by atoms with van der Waals surface area (Å²) < 4.78 is 0. The van der Waals surface area contributed by atoms with E-state index in [1.807, 2.05) is 73.7 Å². The molecule has 0 bridgehead atoms. The fourth-order valence-corrected chi connectivity index (χ4v) is 3.17. The molecule has 138 valence electrons. The van der Waals surface area contributed by atoms with Crippen molar-refractivity contribution in [2.75, 3.05) is 6.54 Å². The van der Waals surface area contributed by atoms with Gasteiger partial charge in [0.05, 0.1) is 12.6 Å². The van der Waals surface area contributed by atoms with Gasteiger partial charge in [-0.15, -0.1) is 0 Å². The SMILES string of the molecule is CC(NC(=O)CN(Cc1ccccc1)Cc1ccccc1)c1ccccc1. The summed E-state index contributed by atoms with van der Waals surface area (Å²) >= 11 is 0. The van der Waals surface area contributed by atoms with Crippen LogP contribution >= 0.6 is 0 Å². The zero-order chi connectivity index (χ0) is 18.9. The van der Waals surface area contributed by atoms with Gasteiger partial charge in [-0.1, -0.05) is 91.0 Å². The molecule has 27 heavy (non-hydrogen) atoms. The quantitative estimate of drug-likeness (QED) is 0.640. The second kappa shape index (κ2) is 9.70. The van der Waals surface area contributed by atoms with Crippen molar-refractivity contribution in [1.29, 1.82) is 0 Å². The van der Waals surface area contributed by atoms with E-state index < -0.39 is 0 Å². The average Bonchev–Trinajstić information content (AvgIpc) is 2.70. The van der Waals surface area contributed by atoms with Gasteiger partial charge in [0.15, 0.2) is 0 Å². The van der Waals surface area contributed by atoms with Crippen LogP contribution in [0.1, 0.15) is 29.7 Å². The highest BCUT2D eigenvalue weighted by atomic mass is 16.2. The van der Waals surface area contributed by atoms with Crippen molar-refractivity contribution in [3.8, 4) is 0 Å². The lowest BCUT2D eigenvalue weighted by atomic mass is 10.1. The van der Waals surface area contributed by atoms with E-state index in [0.29, 0.717) is 6.54 Å². The summed E-state index contributed by atoms with van der Waals surface area (Å²) in [6.45, 7) is 3.86. The fourth-order valence-electron chi connectivity index (χ4n) is 3.17. The van der Waals surface area contributed by atoms with Crippen LogP contribution in [0.5, 0.6) is 0 Å². The van der Waals surface area contributed by atoms with Gasteiger partial charge in [0.25, 0.3) is 0 Å². The first-order valence-corrected chi connectivity index (χ1v) is 9.35. The van der Waals surface area contributed by atoms with Gasteiger partial charge >= 0.3 is 0 Å². The van der Waals surface area contributed by atoms with Crippen molar-refractivity contribution in [3.63, 3.8) is 0 Å². The van der Waals surface area contributed by atoms with Crippen LogP contribution in [0.15, 0.2) is 91.0 Å². The van der Waals surface area contributed by atoms with E-state index in [1.54, 1.807) is 0 Å². The molecule has 0 saturated heterocycles. The van der Waals surface area contributed by atoms with E-state index in [9.17, 15) is 4.79 Å². The highest BCUT2D eigenvalue weighted by molar-refractivity contribution is 5.78. The van der Waals surface area contributed by atoms with Gasteiger partial charge < -0.3 is 5.32 Å². The van der Waals surface area contributed by atoms with Crippen LogP contribution in [-0.2, 0) is 17.9 Å². The lowest BCUT2D eigenvalue weighted by molar-refractivity contribution is -0.123. The number of rotatable bonds is 8. The van der Waals surface area contributed by atoms with Crippen LogP contribution in [0.4, 0.5) is 0 Å². The molecule has 1 N–H and O–H groups in total. The van der Waals surface area contributed by atoms with Crippen molar-refractivity contribution < 1.29 is 4.79 Å². The molecule has 1 unspecified atom stereocenters. The Morgan fingerprint density at radius 3 is 1.70 bits per heavy atom. The maximum absolute atomic E-state index is 12.7. The molecule has 3 nitrogen and oxygen atoms in total. The van der Waals surface area contributed by atoms with Crippen molar-refractivity contribution in [2.24, 2.45) is 0 Å². The minimum atomic E-state index is -0.00556. The minimum absolute atomic E-state index is 0.00556. The Balaban J connectivity index is 1.65. The van der Waals surface area contributed by atoms with E-state index in [0.717, 1.165) is 18.7 Å². The summed E-state index contributed by atoms with van der Waals surface area (Å²) in [5.41, 5.74) is 3.53. The topological polar surface area (TPSA) is 32.3 Å². The molecule has 0 radical (unpaired) electrons. The third kappa shape index (κ3) is 6.08. The molecule has 1 amide bonds. The van der Waals surface area contributed by atoms with E-state index >= 15 is 0 Å². The Bertz CT molecular complexity index is 777. The van der Waals surface area contributed by atoms with Gasteiger partial charge in [-0.3, -0.25) is 9.69 Å². The van der Waals surface area contributed by atoms with Crippen LogP contribution in [0.25, 0.3) is 0 Å². The van der Waals surface area contributed by atoms with E-state index in [1.165, 1.54) is 11.1 Å². The monoisotopic (exact) mass is 358 g/mol. The zero-order valence-electron chi connectivity index (χ0n) is 15.7. The molecular formula is C24H26N2O. The van der Waals surface area contributed by atoms with E-state index in [-0.39, 0.29) is 11.9 Å². The number of nitrogens with one attached hydrogen (secondary N) is 1. The highest BCUT2D eigenvalue weighted by Gasteiger charge is 2.15. The summed E-state index contributed by atoms with van der Waals surface area (Å²) in [5.74, 6) is 0.0400. The maximum atomic E-state index is 12.7. The molecule has 0 fully saturated rings. The normalized spacial score (nSPS) is 11.9. The lowest BCUT2D eigenvalue weighted by Crippen LogP contribution is -2.37. The smallest absolute Gasteiger partial charge is 0.234 e. The Kier molecular flexibility index (Phi) is 6.78. The molecule has 3 rings (SSSR count). The number of carbonyl (C=O) groups is 1. The van der Waals surface area contributed by atoms with E-state index in [4.69, 9.17) is 0 Å². The van der Waals surface area contributed by atoms with Gasteiger partial charge in [-0.25, -0.2) is 0 Å². The second-order valence-electron chi connectivity index (χ2n) is 6.82. The Morgan fingerprint density at radius 1 is 0.778 bits per heavy atom. The number of carbonyl (C=O) groups excluding carboxylic acids is 1. The molecule has 0 aliphatic heterocycles. The number of nitrogens with zero attached hydrogens (tertiary/aromatic N) is 1. The van der Waals surface area contributed by atoms with Crippen LogP contribution in [-0.4, -0.2) is 17.4 Å². The van der Waals surface area contributed by atoms with Gasteiger partial charge in [-0.2, -0.15) is 0 Å². The molecule has 0 spiro atoms. The van der Waals surface area contributed by atoms with Gasteiger partial charge in [0.2, 0.25) is 5.91 Å². The highest BCUT2D eigenvalue weighted by Crippen LogP contribution is 2.13. The van der Waals surface area contributed by atoms with Gasteiger partial charge in [0.1, 0.15) is 0 Å². The zero-order valence-corrected chi connectivity index (χ0v) is 15.7. The summed E-state index contributed by atoms with van der Waals surface area (Å²) in [6.07, 6.45) is 0. The molecule has 0 saturated carbocycles. The standard InChI is InChI=1S/C24H26N2O/c1-20(23-15-9-4-10-16-23)25-24(27)19-26(17-21-11-5-2-6-12-21)18-22-13-7-3-8-14-22/h2-16,20H,17-19H2,1H3,(H,25,27). The molecule has 3 aromatic rings. The Labute approximate surface area is 161 Å². The molecule has 1 atom stereocenters. The van der Waals surface area contributed by atoms with Crippen LogP contribution < -0.4 is 5.32 Å². The number of benzene rings is 3. The first-order chi connectivity index (χ1) is 13.2. The Hall–Kier alpha value is -2.91. The van der Waals surface area contributed by atoms with Gasteiger partial charge in [-0.05, 0) is 23.6 Å². The van der Waals surface area contributed by atoms with Crippen LogP contribution in [0, 0.1) is 0 Å². The molecular weight excluding hydrogens is 332 g/mol. The number of hydrogen-bond acceptors (Lipinski definition) is 2. The van der Waals surface area contributed by atoms with Gasteiger partial charge in [0, 0.05) is 13.1 Å². The average molecular weight is 358 g/mol. The third-order valence-corrected chi connectivity index (χ3v) is 4.54. The van der Waals surface area contributed by atoms with Crippen LogP contribution in [0.3, 0.4) is 0 Å². The van der Waals surface area contributed by atoms with Crippen molar-refractivity contribution in [3.05, 3.63) is 108 Å². The first kappa shape index (κ1) is 18.9. The summed E-state index contributed by atoms with van der Waals surface area (Å²) in [7, 11) is 0. The predicted molar refractivity (Wildman–Crippen MR) is 110 cm³/mol. The summed E-state index contributed by atoms with van der Waals surface area (Å²) in [5, 5.41) is 3.12. The molecule has 0 aliphatic rings. The maximum Gasteiger partial charge on any atom is 0.234 e. The predicted octanol–water partition coefficient (Wildman–Crippen LogP) is 4.57. The van der Waals surface area contributed by atoms with Crippen molar-refractivity contribution in [1.82, 2.24) is 10.2 Å². The van der Waals surface area contributed by atoms with Crippen LogP contribution in [0.2, 0.25) is 0 Å². The summed E-state index contributed by atoms with van der Waals surface area (Å²) in [4.78, 5) is 14.8. The third-order valence-electron chi connectivity index (χ3n) is 4.54. The molecule has 3 aromatic carbocycles. The summed E-state index contributed by atoms with van der Waals surface area (Å²) in [6, 6.07) is 30.6. The minimum Gasteiger partial charge on any atom is -0.348 e. The Morgan fingerprint density at radius 2 is 1.22 bits per heavy atom. The molecule has 0 aliphatic carbocycles. The van der Waals surface area contributed by atoms with Crippen molar-refractivity contribution in [2.45, 2.75) is 26.1 Å². The number of hydrogen-bond donors (Lipinski definition) is 1. The van der Waals surface area contributed by atoms with E-state index in [2.05, 4.69) is 34.5 Å². The molecule has 3 heteroatoms. The second-order valence-corrected chi connectivity index (χ2v) is 6.82. The molecule has 0 heterocycles. The molecule has 0 aromatic heterocycles. The lowest BCUT2D eigenvalue weighted by Gasteiger charge is -2.23. The van der Waals surface area contributed by atoms with Crippen molar-refractivity contribution >= 4 is 5.91 Å². The number of amides is 1. The first-order valence-electron chi connectivity index (χ1n) is 9.35.